The van der Waals surface area contributed by atoms with Gasteiger partial charge in [0.05, 0.1) is 16.5 Å². The fourth-order valence-electron chi connectivity index (χ4n) is 2.25. The Bertz CT molecular complexity index is 863. The lowest BCUT2D eigenvalue weighted by atomic mass is 10.1. The molecule has 2 aromatic carbocycles. The molecule has 0 aliphatic carbocycles. The van der Waals surface area contributed by atoms with Crippen molar-refractivity contribution in [3.63, 3.8) is 0 Å². The first-order valence-corrected chi connectivity index (χ1v) is 6.43. The van der Waals surface area contributed by atoms with Crippen LogP contribution in [-0.2, 0) is 0 Å². The molecule has 3 aromatic rings. The molecule has 94 valence electrons. The van der Waals surface area contributed by atoms with Crippen LogP contribution in [0.4, 0.5) is 5.69 Å². The molecule has 0 unspecified atom stereocenters. The predicted molar refractivity (Wildman–Crippen MR) is 83.1 cm³/mol. The minimum absolute atomic E-state index is 0.580. The molecule has 1 heterocycles. The number of nitrogens with zero attached hydrogens (tertiary/aromatic N) is 2. The maximum Gasteiger partial charge on any atom is 0.126 e. The fraction of sp³-hybridized carbons (Fsp3) is 0. The lowest BCUT2D eigenvalue weighted by molar-refractivity contribution is 1.34. The van der Waals surface area contributed by atoms with Gasteiger partial charge in [0.15, 0.2) is 0 Å². The lowest BCUT2D eigenvalue weighted by Crippen LogP contribution is -1.78. The van der Waals surface area contributed by atoms with Crippen LogP contribution in [0.1, 0.15) is 5.69 Å². The number of benzene rings is 2. The summed E-state index contributed by atoms with van der Waals surface area (Å²) in [6.45, 7) is 0. The van der Waals surface area contributed by atoms with Crippen LogP contribution in [-0.4, -0.2) is 10.1 Å². The van der Waals surface area contributed by atoms with Gasteiger partial charge in [0.25, 0.3) is 0 Å². The van der Waals surface area contributed by atoms with Crippen molar-refractivity contribution in [1.82, 2.24) is 4.98 Å². The molecule has 3 rings (SSSR count). The Balaban J connectivity index is 2.19. The van der Waals surface area contributed by atoms with Crippen molar-refractivity contribution in [2.75, 3.05) is 0 Å². The van der Waals surface area contributed by atoms with Gasteiger partial charge in [-0.15, -0.1) is 0 Å². The number of rotatable bonds is 2. The molecule has 0 aliphatic rings. The van der Waals surface area contributed by atoms with Crippen molar-refractivity contribution in [1.29, 1.82) is 5.26 Å². The van der Waals surface area contributed by atoms with Crippen molar-refractivity contribution < 1.29 is 0 Å². The predicted octanol–water partition coefficient (Wildman–Crippen LogP) is 4.44. The Hall–Kier alpha value is -2.73. The molecular formula is C16H9N3S. The first kappa shape index (κ1) is 12.3. The summed E-state index contributed by atoms with van der Waals surface area (Å²) in [6.07, 6.45) is 0. The zero-order valence-electron chi connectivity index (χ0n) is 10.4. The third-order valence-corrected chi connectivity index (χ3v) is 3.25. The monoisotopic (exact) mass is 275 g/mol. The van der Waals surface area contributed by atoms with E-state index in [0.29, 0.717) is 5.69 Å². The maximum atomic E-state index is 9.19. The highest BCUT2D eigenvalue weighted by Crippen LogP contribution is 2.31. The highest BCUT2D eigenvalue weighted by molar-refractivity contribution is 7.78. The Morgan fingerprint density at radius 2 is 1.70 bits per heavy atom. The van der Waals surface area contributed by atoms with E-state index >= 15 is 0 Å². The number of aromatic nitrogens is 1. The van der Waals surface area contributed by atoms with Crippen LogP contribution in [0.2, 0.25) is 0 Å². The van der Waals surface area contributed by atoms with Gasteiger partial charge in [-0.3, -0.25) is 0 Å². The normalized spacial score (nSPS) is 9.95. The van der Waals surface area contributed by atoms with E-state index in [1.807, 2.05) is 48.5 Å². The topological polar surface area (TPSA) is 51.9 Å². The lowest BCUT2D eigenvalue weighted by Gasteiger charge is -2.00. The highest BCUT2D eigenvalue weighted by atomic mass is 32.1. The molecule has 1 N–H and O–H groups in total. The summed E-state index contributed by atoms with van der Waals surface area (Å²) in [6, 6.07) is 17.7. The standard InChI is InChI=1S/C16H9N3S/c17-9-15-13-3-1-2-4-14(13)16(19-15)11-5-7-12(8-6-11)18-10-20/h1-8,19H. The average molecular weight is 275 g/mol. The molecule has 4 heteroatoms. The third-order valence-electron chi connectivity index (χ3n) is 3.16. The first-order chi connectivity index (χ1) is 9.83. The molecule has 1 aromatic heterocycles. The van der Waals surface area contributed by atoms with E-state index in [1.165, 1.54) is 0 Å². The molecule has 20 heavy (non-hydrogen) atoms. The summed E-state index contributed by atoms with van der Waals surface area (Å²) in [5.74, 6) is 0. The molecule has 0 saturated heterocycles. The van der Waals surface area contributed by atoms with Gasteiger partial charge in [-0.1, -0.05) is 36.4 Å². The van der Waals surface area contributed by atoms with E-state index in [-0.39, 0.29) is 0 Å². The quantitative estimate of drug-likeness (QED) is 0.555. The van der Waals surface area contributed by atoms with Gasteiger partial charge in [0.2, 0.25) is 0 Å². The maximum absolute atomic E-state index is 9.19. The van der Waals surface area contributed by atoms with E-state index < -0.39 is 0 Å². The second-order valence-corrected chi connectivity index (χ2v) is 4.46. The summed E-state index contributed by atoms with van der Waals surface area (Å²) in [4.78, 5) is 7.11. The molecule has 3 nitrogen and oxygen atoms in total. The molecule has 0 fully saturated rings. The molecule has 0 amide bonds. The Morgan fingerprint density at radius 3 is 2.35 bits per heavy atom. The Kier molecular flexibility index (Phi) is 3.14. The Morgan fingerprint density at radius 1 is 1.00 bits per heavy atom. The molecule has 0 atom stereocenters. The largest absolute Gasteiger partial charge is 0.345 e. The molecule has 0 bridgehead atoms. The van der Waals surface area contributed by atoms with Crippen LogP contribution in [0.5, 0.6) is 0 Å². The van der Waals surface area contributed by atoms with E-state index in [9.17, 15) is 5.26 Å². The summed E-state index contributed by atoms with van der Waals surface area (Å²) in [7, 11) is 0. The SMILES string of the molecule is N#Cc1[nH]c(-c2ccc(N=C=S)cc2)c2ccccc12. The van der Waals surface area contributed by atoms with E-state index in [4.69, 9.17) is 0 Å². The number of fused-ring (bicyclic) bond motifs is 1. The van der Waals surface area contributed by atoms with Crippen LogP contribution in [0.3, 0.4) is 0 Å². The average Bonchev–Trinajstić information content (AvgIpc) is 2.87. The number of hydrogen-bond donors (Lipinski definition) is 1. The Labute approximate surface area is 121 Å². The van der Waals surface area contributed by atoms with Gasteiger partial charge >= 0.3 is 0 Å². The number of isothiocyanates is 1. The van der Waals surface area contributed by atoms with Crippen LogP contribution >= 0.6 is 12.2 Å². The van der Waals surface area contributed by atoms with E-state index in [0.717, 1.165) is 27.7 Å². The van der Waals surface area contributed by atoms with Gasteiger partial charge in [-0.2, -0.15) is 10.3 Å². The van der Waals surface area contributed by atoms with Gasteiger partial charge in [-0.05, 0) is 29.9 Å². The summed E-state index contributed by atoms with van der Waals surface area (Å²) >= 11 is 4.58. The van der Waals surface area contributed by atoms with Gasteiger partial charge in [0.1, 0.15) is 11.8 Å². The number of aromatic amines is 1. The van der Waals surface area contributed by atoms with Gasteiger partial charge in [0, 0.05) is 10.8 Å². The smallest absolute Gasteiger partial charge is 0.126 e. The third kappa shape index (κ3) is 2.02. The summed E-state index contributed by atoms with van der Waals surface area (Å²) < 4.78 is 0. The minimum Gasteiger partial charge on any atom is -0.345 e. The fourth-order valence-corrected chi connectivity index (χ4v) is 2.36. The summed E-state index contributed by atoms with van der Waals surface area (Å²) in [5.41, 5.74) is 3.29. The van der Waals surface area contributed by atoms with Crippen LogP contribution in [0.15, 0.2) is 53.5 Å². The first-order valence-electron chi connectivity index (χ1n) is 6.02. The molecular weight excluding hydrogens is 266 g/mol. The molecule has 0 aliphatic heterocycles. The van der Waals surface area contributed by atoms with E-state index in [2.05, 4.69) is 33.4 Å². The van der Waals surface area contributed by atoms with Crippen LogP contribution in [0.25, 0.3) is 22.0 Å². The number of nitrogens with one attached hydrogen (secondary N) is 1. The number of thiocarbonyl (C=S) groups is 1. The zero-order valence-corrected chi connectivity index (χ0v) is 11.2. The number of H-pyrrole nitrogens is 1. The number of nitriles is 1. The van der Waals surface area contributed by atoms with Crippen molar-refractivity contribution in [2.24, 2.45) is 4.99 Å². The highest BCUT2D eigenvalue weighted by Gasteiger charge is 2.10. The number of aliphatic imine (C=N–C) groups is 1. The second kappa shape index (κ2) is 5.10. The van der Waals surface area contributed by atoms with Gasteiger partial charge < -0.3 is 4.98 Å². The summed E-state index contributed by atoms with van der Waals surface area (Å²) in [5, 5.41) is 13.5. The molecule has 0 saturated carbocycles. The van der Waals surface area contributed by atoms with Gasteiger partial charge in [-0.25, -0.2) is 0 Å². The second-order valence-electron chi connectivity index (χ2n) is 4.28. The van der Waals surface area contributed by atoms with Crippen molar-refractivity contribution in [3.05, 3.63) is 54.2 Å². The van der Waals surface area contributed by atoms with Crippen LogP contribution < -0.4 is 0 Å². The van der Waals surface area contributed by atoms with Crippen molar-refractivity contribution in [2.45, 2.75) is 0 Å². The number of hydrogen-bond acceptors (Lipinski definition) is 3. The minimum atomic E-state index is 0.580. The molecule has 0 radical (unpaired) electrons. The van der Waals surface area contributed by atoms with Crippen molar-refractivity contribution >= 4 is 33.8 Å². The van der Waals surface area contributed by atoms with Crippen molar-refractivity contribution in [3.8, 4) is 17.3 Å². The zero-order chi connectivity index (χ0) is 13.9. The molecule has 0 spiro atoms. The van der Waals surface area contributed by atoms with E-state index in [1.54, 1.807) is 0 Å². The van der Waals surface area contributed by atoms with Crippen LogP contribution in [0, 0.1) is 11.3 Å².